The molecule has 0 aromatic carbocycles. The third kappa shape index (κ3) is 0.671. The van der Waals surface area contributed by atoms with Crippen LogP contribution >= 0.6 is 0 Å². The second kappa shape index (κ2) is 2.09. The molecule has 0 amide bonds. The van der Waals surface area contributed by atoms with Gasteiger partial charge in [-0.25, -0.2) is 0 Å². The molecule has 1 heteroatoms. The predicted molar refractivity (Wildman–Crippen MR) is 40.7 cm³/mol. The molecule has 10 heavy (non-hydrogen) atoms. The number of fused-ring (bicyclic) bond motifs is 2. The second-order valence-corrected chi connectivity index (χ2v) is 3.51. The fourth-order valence-electron chi connectivity index (χ4n) is 2.41. The smallest absolute Gasteiger partial charge is 0.0665 e. The molecule has 0 spiro atoms. The van der Waals surface area contributed by atoms with Crippen LogP contribution in [-0.2, 0) is 4.74 Å². The number of hydrogen-bond acceptors (Lipinski definition) is 1. The minimum absolute atomic E-state index is 0.509. The number of hydrogen-bond donors (Lipinski definition) is 0. The molecule has 2 rings (SSSR count). The van der Waals surface area contributed by atoms with Crippen molar-refractivity contribution in [2.75, 3.05) is 7.11 Å². The first-order valence-corrected chi connectivity index (χ1v) is 4.04. The van der Waals surface area contributed by atoms with Gasteiger partial charge in [0.15, 0.2) is 0 Å². The van der Waals surface area contributed by atoms with Crippen molar-refractivity contribution in [1.82, 2.24) is 0 Å². The summed E-state index contributed by atoms with van der Waals surface area (Å²) in [5.41, 5.74) is 0. The zero-order valence-corrected chi connectivity index (χ0v) is 6.58. The molecule has 0 aromatic rings. The van der Waals surface area contributed by atoms with E-state index in [1.54, 1.807) is 0 Å². The lowest BCUT2D eigenvalue weighted by molar-refractivity contribution is 0.0490. The Labute approximate surface area is 62.1 Å². The molecule has 0 heterocycles. The van der Waals surface area contributed by atoms with Gasteiger partial charge >= 0.3 is 0 Å². The predicted octanol–water partition coefficient (Wildman–Crippen LogP) is 1.84. The SMILES string of the molecule is COC1C2C=CC(C2)C1C. The van der Waals surface area contributed by atoms with Crippen LogP contribution in [-0.4, -0.2) is 13.2 Å². The lowest BCUT2D eigenvalue weighted by atomic mass is 9.93. The van der Waals surface area contributed by atoms with E-state index in [4.69, 9.17) is 4.74 Å². The van der Waals surface area contributed by atoms with Crippen LogP contribution in [0, 0.1) is 17.8 Å². The van der Waals surface area contributed by atoms with Crippen molar-refractivity contribution < 1.29 is 4.74 Å². The van der Waals surface area contributed by atoms with Crippen molar-refractivity contribution in [1.29, 1.82) is 0 Å². The first-order chi connectivity index (χ1) is 4.83. The van der Waals surface area contributed by atoms with Crippen LogP contribution in [0.4, 0.5) is 0 Å². The van der Waals surface area contributed by atoms with Gasteiger partial charge < -0.3 is 4.74 Å². The third-order valence-corrected chi connectivity index (χ3v) is 3.04. The van der Waals surface area contributed by atoms with Crippen LogP contribution < -0.4 is 0 Å². The van der Waals surface area contributed by atoms with Gasteiger partial charge in [-0.1, -0.05) is 19.1 Å². The molecule has 0 radical (unpaired) electrons. The highest BCUT2D eigenvalue weighted by Crippen LogP contribution is 2.44. The number of methoxy groups -OCH3 is 1. The molecular weight excluding hydrogens is 124 g/mol. The summed E-state index contributed by atoms with van der Waals surface area (Å²) < 4.78 is 5.41. The van der Waals surface area contributed by atoms with E-state index in [1.807, 2.05) is 7.11 Å². The molecule has 4 atom stereocenters. The van der Waals surface area contributed by atoms with Crippen molar-refractivity contribution in [2.45, 2.75) is 19.4 Å². The topological polar surface area (TPSA) is 9.23 Å². The van der Waals surface area contributed by atoms with Crippen molar-refractivity contribution in [3.63, 3.8) is 0 Å². The lowest BCUT2D eigenvalue weighted by Gasteiger charge is -2.22. The maximum atomic E-state index is 5.41. The molecule has 2 aliphatic rings. The number of ether oxygens (including phenoxy) is 1. The minimum atomic E-state index is 0.509. The Morgan fingerprint density at radius 2 is 2.00 bits per heavy atom. The molecule has 4 unspecified atom stereocenters. The highest BCUT2D eigenvalue weighted by Gasteiger charge is 2.41. The quantitative estimate of drug-likeness (QED) is 0.502. The second-order valence-electron chi connectivity index (χ2n) is 3.51. The van der Waals surface area contributed by atoms with Gasteiger partial charge in [0.1, 0.15) is 0 Å². The first kappa shape index (κ1) is 6.41. The van der Waals surface area contributed by atoms with Gasteiger partial charge in [0.05, 0.1) is 6.10 Å². The summed E-state index contributed by atoms with van der Waals surface area (Å²) >= 11 is 0. The van der Waals surface area contributed by atoms with E-state index in [0.29, 0.717) is 6.10 Å². The lowest BCUT2D eigenvalue weighted by Crippen LogP contribution is -2.24. The number of rotatable bonds is 1. The van der Waals surface area contributed by atoms with E-state index in [2.05, 4.69) is 19.1 Å². The van der Waals surface area contributed by atoms with Crippen LogP contribution in [0.3, 0.4) is 0 Å². The van der Waals surface area contributed by atoms with Gasteiger partial charge in [-0.15, -0.1) is 0 Å². The molecule has 2 aliphatic carbocycles. The van der Waals surface area contributed by atoms with Crippen LogP contribution in [0.25, 0.3) is 0 Å². The Kier molecular flexibility index (Phi) is 1.34. The fourth-order valence-corrected chi connectivity index (χ4v) is 2.41. The first-order valence-electron chi connectivity index (χ1n) is 4.04. The maximum Gasteiger partial charge on any atom is 0.0665 e. The zero-order chi connectivity index (χ0) is 7.14. The average molecular weight is 138 g/mol. The van der Waals surface area contributed by atoms with Crippen LogP contribution in [0.15, 0.2) is 12.2 Å². The maximum absolute atomic E-state index is 5.41. The molecule has 0 aliphatic heterocycles. The third-order valence-electron chi connectivity index (χ3n) is 3.04. The van der Waals surface area contributed by atoms with Gasteiger partial charge in [-0.05, 0) is 18.3 Å². The van der Waals surface area contributed by atoms with Gasteiger partial charge in [0.2, 0.25) is 0 Å². The standard InChI is InChI=1S/C9H14O/c1-6-7-3-4-8(5-7)9(6)10-2/h3-4,6-9H,5H2,1-2H3. The van der Waals surface area contributed by atoms with Gasteiger partial charge in [0.25, 0.3) is 0 Å². The van der Waals surface area contributed by atoms with E-state index < -0.39 is 0 Å². The van der Waals surface area contributed by atoms with Crippen LogP contribution in [0.5, 0.6) is 0 Å². The Balaban J connectivity index is 2.18. The number of allylic oxidation sites excluding steroid dienone is 1. The van der Waals surface area contributed by atoms with E-state index in [9.17, 15) is 0 Å². The highest BCUT2D eigenvalue weighted by atomic mass is 16.5. The Bertz CT molecular complexity index is 162. The Hall–Kier alpha value is -0.300. The highest BCUT2D eigenvalue weighted by molar-refractivity contribution is 5.13. The molecular formula is C9H14O. The molecule has 2 bridgehead atoms. The van der Waals surface area contributed by atoms with Crippen LogP contribution in [0.2, 0.25) is 0 Å². The summed E-state index contributed by atoms with van der Waals surface area (Å²) in [5, 5.41) is 0. The molecule has 1 saturated carbocycles. The van der Waals surface area contributed by atoms with Crippen molar-refractivity contribution in [2.24, 2.45) is 17.8 Å². The Morgan fingerprint density at radius 3 is 2.40 bits per heavy atom. The Morgan fingerprint density at radius 1 is 1.30 bits per heavy atom. The summed E-state index contributed by atoms with van der Waals surface area (Å²) in [6.07, 6.45) is 6.51. The average Bonchev–Trinajstić information content (AvgIpc) is 2.46. The van der Waals surface area contributed by atoms with Crippen molar-refractivity contribution in [3.05, 3.63) is 12.2 Å². The molecule has 0 aromatic heterocycles. The molecule has 0 N–H and O–H groups in total. The fraction of sp³-hybridized carbons (Fsp3) is 0.778. The van der Waals surface area contributed by atoms with E-state index in [-0.39, 0.29) is 0 Å². The molecule has 0 saturated heterocycles. The summed E-state index contributed by atoms with van der Waals surface area (Å²) in [5.74, 6) is 2.29. The van der Waals surface area contributed by atoms with E-state index >= 15 is 0 Å². The van der Waals surface area contributed by atoms with Crippen molar-refractivity contribution >= 4 is 0 Å². The molecule has 1 fully saturated rings. The monoisotopic (exact) mass is 138 g/mol. The molecule has 1 nitrogen and oxygen atoms in total. The van der Waals surface area contributed by atoms with Crippen LogP contribution in [0.1, 0.15) is 13.3 Å². The van der Waals surface area contributed by atoms with E-state index in [1.165, 1.54) is 6.42 Å². The van der Waals surface area contributed by atoms with E-state index in [0.717, 1.165) is 17.8 Å². The summed E-state index contributed by atoms with van der Waals surface area (Å²) in [6.45, 7) is 2.29. The van der Waals surface area contributed by atoms with Crippen molar-refractivity contribution in [3.8, 4) is 0 Å². The summed E-state index contributed by atoms with van der Waals surface area (Å²) in [7, 11) is 1.83. The van der Waals surface area contributed by atoms with Gasteiger partial charge in [-0.3, -0.25) is 0 Å². The zero-order valence-electron chi connectivity index (χ0n) is 6.58. The van der Waals surface area contributed by atoms with Gasteiger partial charge in [-0.2, -0.15) is 0 Å². The minimum Gasteiger partial charge on any atom is -0.381 e. The normalized spacial score (nSPS) is 50.6. The molecule has 56 valence electrons. The largest absolute Gasteiger partial charge is 0.381 e. The summed E-state index contributed by atoms with van der Waals surface area (Å²) in [6, 6.07) is 0. The van der Waals surface area contributed by atoms with Gasteiger partial charge in [0, 0.05) is 13.0 Å². The summed E-state index contributed by atoms with van der Waals surface area (Å²) in [4.78, 5) is 0.